The summed E-state index contributed by atoms with van der Waals surface area (Å²) in [5.74, 6) is 0.312. The summed E-state index contributed by atoms with van der Waals surface area (Å²) in [4.78, 5) is 14.1. The molecule has 0 atom stereocenters. The van der Waals surface area contributed by atoms with Gasteiger partial charge in [0, 0.05) is 19.1 Å². The molecule has 0 aromatic heterocycles. The summed E-state index contributed by atoms with van der Waals surface area (Å²) in [7, 11) is 1.71. The summed E-state index contributed by atoms with van der Waals surface area (Å²) in [6.45, 7) is 3.83. The number of hydrogen-bond acceptors (Lipinski definition) is 4. The van der Waals surface area contributed by atoms with Crippen LogP contribution < -0.4 is 10.1 Å². The highest BCUT2D eigenvalue weighted by Gasteiger charge is 2.46. The van der Waals surface area contributed by atoms with Gasteiger partial charge in [-0.15, -0.1) is 0 Å². The van der Waals surface area contributed by atoms with Crippen molar-refractivity contribution in [1.29, 1.82) is 0 Å². The van der Waals surface area contributed by atoms with E-state index in [-0.39, 0.29) is 5.41 Å². The highest BCUT2D eigenvalue weighted by molar-refractivity contribution is 5.76. The van der Waals surface area contributed by atoms with Crippen LogP contribution in [0.2, 0.25) is 0 Å². The minimum Gasteiger partial charge on any atom is -0.497 e. The Bertz CT molecular complexity index is 857. The van der Waals surface area contributed by atoms with Crippen molar-refractivity contribution in [3.05, 3.63) is 66.2 Å². The van der Waals surface area contributed by atoms with Crippen LogP contribution in [0.15, 0.2) is 60.7 Å². The molecule has 5 rings (SSSR count). The molecule has 2 aromatic carbocycles. The second-order valence-electron chi connectivity index (χ2n) is 10.5. The molecule has 1 heterocycles. The first-order valence-electron chi connectivity index (χ1n) is 12.8. The van der Waals surface area contributed by atoms with E-state index in [1.54, 1.807) is 7.11 Å². The molecule has 0 bridgehead atoms. The maximum Gasteiger partial charge on any atom is 0.310 e. The van der Waals surface area contributed by atoms with Gasteiger partial charge in [-0.1, -0.05) is 55.0 Å². The highest BCUT2D eigenvalue weighted by atomic mass is 16.5. The van der Waals surface area contributed by atoms with Crippen molar-refractivity contribution in [2.45, 2.75) is 57.4 Å². The topological polar surface area (TPSA) is 61.8 Å². The van der Waals surface area contributed by atoms with E-state index >= 15 is 0 Å². The molecule has 1 saturated heterocycles. The number of aliphatic carboxylic acids is 1. The largest absolute Gasteiger partial charge is 0.497 e. The van der Waals surface area contributed by atoms with Crippen LogP contribution in [-0.2, 0) is 11.2 Å². The number of carbonyl (C=O) groups is 1. The van der Waals surface area contributed by atoms with Crippen molar-refractivity contribution < 1.29 is 14.6 Å². The van der Waals surface area contributed by atoms with Crippen molar-refractivity contribution in [3.8, 4) is 5.75 Å². The number of carboxylic acids is 1. The zero-order valence-electron chi connectivity index (χ0n) is 20.5. The van der Waals surface area contributed by atoms with Crippen LogP contribution in [0, 0.1) is 10.8 Å². The molecule has 1 aliphatic heterocycles. The number of nitrogens with zero attached hydrogens (tertiary/aromatic N) is 1. The Labute approximate surface area is 204 Å². The van der Waals surface area contributed by atoms with E-state index in [1.165, 1.54) is 18.4 Å². The molecule has 3 fully saturated rings. The van der Waals surface area contributed by atoms with Gasteiger partial charge in [0.05, 0.1) is 12.5 Å². The van der Waals surface area contributed by atoms with Gasteiger partial charge in [-0.25, -0.2) is 0 Å². The fourth-order valence-electron chi connectivity index (χ4n) is 5.28. The van der Waals surface area contributed by atoms with Gasteiger partial charge in [0.1, 0.15) is 5.75 Å². The summed E-state index contributed by atoms with van der Waals surface area (Å²) in [6, 6.07) is 21.2. The number of benzene rings is 2. The third-order valence-corrected chi connectivity index (χ3v) is 7.96. The zero-order valence-corrected chi connectivity index (χ0v) is 20.5. The molecule has 0 amide bonds. The van der Waals surface area contributed by atoms with Crippen LogP contribution in [-0.4, -0.2) is 55.3 Å². The van der Waals surface area contributed by atoms with Gasteiger partial charge in [0.25, 0.3) is 0 Å². The minimum atomic E-state index is -0.593. The summed E-state index contributed by atoms with van der Waals surface area (Å²) in [5.41, 5.74) is 1.17. The average molecular weight is 465 g/mol. The average Bonchev–Trinajstić information content (AvgIpc) is 3.68. The van der Waals surface area contributed by atoms with E-state index in [1.807, 2.05) is 36.4 Å². The normalized spacial score (nSPS) is 21.0. The monoisotopic (exact) mass is 464 g/mol. The van der Waals surface area contributed by atoms with Gasteiger partial charge < -0.3 is 20.1 Å². The lowest BCUT2D eigenvalue weighted by Crippen LogP contribution is -2.52. The predicted molar refractivity (Wildman–Crippen MR) is 136 cm³/mol. The second kappa shape index (κ2) is 11.4. The first-order valence-corrected chi connectivity index (χ1v) is 12.8. The Hall–Kier alpha value is -2.37. The SMILES string of the molecule is COc1ccc(CC2(CNC3CC3)CCN(CC3(C(=O)O)CCC3)CC2)cc1.c1ccccc1. The Kier molecular flexibility index (Phi) is 8.28. The Balaban J connectivity index is 0.000000398. The van der Waals surface area contributed by atoms with Gasteiger partial charge in [0.2, 0.25) is 0 Å². The number of hydrogen-bond donors (Lipinski definition) is 2. The van der Waals surface area contributed by atoms with Crippen molar-refractivity contribution >= 4 is 5.97 Å². The summed E-state index contributed by atoms with van der Waals surface area (Å²) in [6.07, 6.45) is 8.72. The molecule has 0 radical (unpaired) electrons. The van der Waals surface area contributed by atoms with E-state index in [4.69, 9.17) is 4.74 Å². The second-order valence-corrected chi connectivity index (χ2v) is 10.5. The van der Waals surface area contributed by atoms with Crippen LogP contribution in [0.4, 0.5) is 0 Å². The lowest BCUT2D eigenvalue weighted by Gasteiger charge is -2.47. The molecule has 5 nitrogen and oxygen atoms in total. The number of piperidine rings is 1. The Morgan fingerprint density at radius 1 is 1.00 bits per heavy atom. The summed E-state index contributed by atoms with van der Waals surface area (Å²) in [5, 5.41) is 13.4. The summed E-state index contributed by atoms with van der Waals surface area (Å²) >= 11 is 0. The fraction of sp³-hybridized carbons (Fsp3) is 0.552. The fourth-order valence-corrected chi connectivity index (χ4v) is 5.28. The van der Waals surface area contributed by atoms with Gasteiger partial charge in [0.15, 0.2) is 0 Å². The van der Waals surface area contributed by atoms with Crippen molar-refractivity contribution in [2.24, 2.45) is 10.8 Å². The molecule has 0 spiro atoms. The van der Waals surface area contributed by atoms with Gasteiger partial charge >= 0.3 is 5.97 Å². The van der Waals surface area contributed by atoms with Gasteiger partial charge in [-0.2, -0.15) is 0 Å². The maximum absolute atomic E-state index is 11.7. The van der Waals surface area contributed by atoms with Crippen molar-refractivity contribution in [1.82, 2.24) is 10.2 Å². The number of ether oxygens (including phenoxy) is 1. The molecule has 184 valence electrons. The first kappa shape index (κ1) is 24.7. The molecule has 3 aliphatic rings. The molecule has 2 saturated carbocycles. The van der Waals surface area contributed by atoms with E-state index < -0.39 is 11.4 Å². The molecule has 5 heteroatoms. The van der Waals surface area contributed by atoms with E-state index in [0.717, 1.165) is 76.5 Å². The molecule has 2 aromatic rings. The van der Waals surface area contributed by atoms with Crippen LogP contribution in [0.3, 0.4) is 0 Å². The zero-order chi connectivity index (χ0) is 23.9. The lowest BCUT2D eigenvalue weighted by atomic mass is 9.67. The number of rotatable bonds is 9. The molecule has 2 aliphatic carbocycles. The molecule has 34 heavy (non-hydrogen) atoms. The first-order chi connectivity index (χ1) is 16.5. The molecule has 2 N–H and O–H groups in total. The lowest BCUT2D eigenvalue weighted by molar-refractivity contribution is -0.156. The minimum absolute atomic E-state index is 0.268. The molecule has 0 unspecified atom stereocenters. The van der Waals surface area contributed by atoms with Crippen molar-refractivity contribution in [3.63, 3.8) is 0 Å². The predicted octanol–water partition coefficient (Wildman–Crippen LogP) is 5.01. The maximum atomic E-state index is 11.7. The number of methoxy groups -OCH3 is 1. The third-order valence-electron chi connectivity index (χ3n) is 7.96. The van der Waals surface area contributed by atoms with Crippen LogP contribution in [0.1, 0.15) is 50.5 Å². The van der Waals surface area contributed by atoms with Gasteiger partial charge in [-0.3, -0.25) is 4.79 Å². The van der Waals surface area contributed by atoms with Crippen LogP contribution >= 0.6 is 0 Å². The van der Waals surface area contributed by atoms with Crippen molar-refractivity contribution in [2.75, 3.05) is 33.3 Å². The quantitative estimate of drug-likeness (QED) is 0.546. The number of likely N-dealkylation sites (tertiary alicyclic amines) is 1. The standard InChI is InChI=1S/C23H34N2O3.C6H6/c1-28-20-7-3-18(4-8-20)15-22(16-24-19-5-6-19)11-13-25(14-12-22)17-23(21(26)27)9-2-10-23;1-2-4-6-5-3-1/h3-4,7-8,19,24H,2,5-6,9-17H2,1H3,(H,26,27);1-6H. The molecular formula is C29H40N2O3. The number of carboxylic acid groups (broad SMARTS) is 1. The van der Waals surface area contributed by atoms with Crippen LogP contribution in [0.25, 0.3) is 0 Å². The van der Waals surface area contributed by atoms with Crippen LogP contribution in [0.5, 0.6) is 5.75 Å². The summed E-state index contributed by atoms with van der Waals surface area (Å²) < 4.78 is 5.30. The Morgan fingerprint density at radius 3 is 2.03 bits per heavy atom. The van der Waals surface area contributed by atoms with E-state index in [9.17, 15) is 9.90 Å². The smallest absolute Gasteiger partial charge is 0.310 e. The highest BCUT2D eigenvalue weighted by Crippen LogP contribution is 2.43. The number of nitrogens with one attached hydrogen (secondary N) is 1. The van der Waals surface area contributed by atoms with E-state index in [0.29, 0.717) is 0 Å². The molecular weight excluding hydrogens is 424 g/mol. The Morgan fingerprint density at radius 2 is 1.59 bits per heavy atom. The third kappa shape index (κ3) is 6.61. The van der Waals surface area contributed by atoms with Gasteiger partial charge in [-0.05, 0) is 81.1 Å². The van der Waals surface area contributed by atoms with E-state index in [2.05, 4.69) is 34.5 Å².